The summed E-state index contributed by atoms with van der Waals surface area (Å²) in [5, 5.41) is 14.2. The lowest BCUT2D eigenvalue weighted by Crippen LogP contribution is -2.36. The summed E-state index contributed by atoms with van der Waals surface area (Å²) in [7, 11) is 5.33. The van der Waals surface area contributed by atoms with E-state index >= 15 is 0 Å². The van der Waals surface area contributed by atoms with Crippen molar-refractivity contribution < 1.29 is 14.6 Å². The molecule has 2 heterocycles. The van der Waals surface area contributed by atoms with E-state index in [1.54, 1.807) is 18.7 Å². The van der Waals surface area contributed by atoms with Crippen molar-refractivity contribution in [1.82, 2.24) is 14.6 Å². The Kier molecular flexibility index (Phi) is 5.09. The van der Waals surface area contributed by atoms with E-state index in [2.05, 4.69) is 17.0 Å². The average Bonchev–Trinajstić information content (AvgIpc) is 3.16. The highest BCUT2D eigenvalue weighted by atomic mass is 16.5. The number of hydrogen-bond acceptors (Lipinski definition) is 6. The second-order valence-corrected chi connectivity index (χ2v) is 7.26. The van der Waals surface area contributed by atoms with Crippen LogP contribution in [0.1, 0.15) is 25.7 Å². The average molecular weight is 382 g/mol. The third kappa shape index (κ3) is 3.38. The fourth-order valence-electron chi connectivity index (χ4n) is 3.90. The predicted molar refractivity (Wildman–Crippen MR) is 108 cm³/mol. The fraction of sp³-hybridized carbons (Fsp3) is 0.429. The topological polar surface area (TPSA) is 72.1 Å². The molecule has 1 aromatic carbocycles. The highest BCUT2D eigenvalue weighted by molar-refractivity contribution is 5.79. The molecule has 1 saturated carbocycles. The largest absolute Gasteiger partial charge is 0.493 e. The van der Waals surface area contributed by atoms with Gasteiger partial charge in [-0.1, -0.05) is 6.07 Å². The number of hydrogen-bond donors (Lipinski definition) is 1. The van der Waals surface area contributed by atoms with Gasteiger partial charge in [-0.25, -0.2) is 9.50 Å². The number of rotatable bonds is 5. The highest BCUT2D eigenvalue weighted by Gasteiger charge is 2.24. The maximum atomic E-state index is 9.77. The number of aliphatic hydroxyl groups excluding tert-OH is 1. The van der Waals surface area contributed by atoms with E-state index < -0.39 is 0 Å². The van der Waals surface area contributed by atoms with Crippen molar-refractivity contribution in [2.24, 2.45) is 0 Å². The summed E-state index contributed by atoms with van der Waals surface area (Å²) in [6.45, 7) is 0. The second-order valence-electron chi connectivity index (χ2n) is 7.26. The minimum Gasteiger partial charge on any atom is -0.493 e. The summed E-state index contributed by atoms with van der Waals surface area (Å²) in [5.74, 6) is 2.28. The molecule has 0 saturated heterocycles. The first-order chi connectivity index (χ1) is 13.6. The van der Waals surface area contributed by atoms with Crippen molar-refractivity contribution in [2.45, 2.75) is 37.8 Å². The maximum Gasteiger partial charge on any atom is 0.165 e. The molecule has 1 aliphatic rings. The quantitative estimate of drug-likeness (QED) is 0.731. The van der Waals surface area contributed by atoms with Gasteiger partial charge < -0.3 is 19.5 Å². The van der Waals surface area contributed by atoms with Crippen molar-refractivity contribution in [2.75, 3.05) is 26.2 Å². The first-order valence-corrected chi connectivity index (χ1v) is 9.58. The summed E-state index contributed by atoms with van der Waals surface area (Å²) in [5.41, 5.74) is 2.71. The lowest BCUT2D eigenvalue weighted by atomic mass is 9.92. The maximum absolute atomic E-state index is 9.77. The zero-order valence-corrected chi connectivity index (χ0v) is 16.5. The molecule has 1 fully saturated rings. The van der Waals surface area contributed by atoms with Gasteiger partial charge in [0.05, 0.1) is 26.5 Å². The van der Waals surface area contributed by atoms with Crippen molar-refractivity contribution in [3.8, 4) is 22.6 Å². The number of fused-ring (bicyclic) bond motifs is 1. The number of nitrogens with zero attached hydrogens (tertiary/aromatic N) is 4. The van der Waals surface area contributed by atoms with Crippen molar-refractivity contribution in [3.63, 3.8) is 0 Å². The number of methoxy groups -OCH3 is 2. The molecule has 28 heavy (non-hydrogen) atoms. The zero-order chi connectivity index (χ0) is 19.7. The smallest absolute Gasteiger partial charge is 0.165 e. The predicted octanol–water partition coefficient (Wildman–Crippen LogP) is 3.15. The van der Waals surface area contributed by atoms with Crippen LogP contribution in [0.2, 0.25) is 0 Å². The third-order valence-electron chi connectivity index (χ3n) is 5.62. The van der Waals surface area contributed by atoms with Crippen LogP contribution in [0.25, 0.3) is 16.8 Å². The summed E-state index contributed by atoms with van der Waals surface area (Å²) in [4.78, 5) is 7.12. The van der Waals surface area contributed by atoms with Crippen LogP contribution < -0.4 is 14.4 Å². The van der Waals surface area contributed by atoms with Crippen LogP contribution in [0.3, 0.4) is 0 Å². The highest BCUT2D eigenvalue weighted by Crippen LogP contribution is 2.34. The van der Waals surface area contributed by atoms with E-state index in [0.717, 1.165) is 48.3 Å². The Morgan fingerprint density at radius 1 is 1.07 bits per heavy atom. The van der Waals surface area contributed by atoms with E-state index in [-0.39, 0.29) is 6.10 Å². The van der Waals surface area contributed by atoms with Gasteiger partial charge in [0.1, 0.15) is 5.82 Å². The van der Waals surface area contributed by atoms with E-state index in [4.69, 9.17) is 14.5 Å². The van der Waals surface area contributed by atoms with E-state index in [1.807, 2.05) is 36.7 Å². The van der Waals surface area contributed by atoms with Gasteiger partial charge in [-0.3, -0.25) is 0 Å². The summed E-state index contributed by atoms with van der Waals surface area (Å²) >= 11 is 0. The summed E-state index contributed by atoms with van der Waals surface area (Å²) in [6, 6.07) is 8.20. The number of ether oxygens (including phenoxy) is 2. The molecule has 7 nitrogen and oxygen atoms in total. The van der Waals surface area contributed by atoms with Crippen LogP contribution in [0.15, 0.2) is 36.7 Å². The Hall–Kier alpha value is -2.80. The molecule has 0 bridgehead atoms. The molecule has 1 N–H and O–H groups in total. The summed E-state index contributed by atoms with van der Waals surface area (Å²) < 4.78 is 12.6. The van der Waals surface area contributed by atoms with E-state index in [1.165, 1.54) is 0 Å². The van der Waals surface area contributed by atoms with Crippen LogP contribution in [-0.4, -0.2) is 53.1 Å². The Morgan fingerprint density at radius 3 is 2.54 bits per heavy atom. The van der Waals surface area contributed by atoms with Gasteiger partial charge in [-0.2, -0.15) is 5.10 Å². The fourth-order valence-corrected chi connectivity index (χ4v) is 3.90. The minimum absolute atomic E-state index is 0.161. The molecule has 0 unspecified atom stereocenters. The van der Waals surface area contributed by atoms with E-state index in [0.29, 0.717) is 17.5 Å². The molecule has 0 radical (unpaired) electrons. The van der Waals surface area contributed by atoms with Crippen LogP contribution in [0.5, 0.6) is 11.5 Å². The van der Waals surface area contributed by atoms with Crippen LogP contribution in [0.4, 0.5) is 5.82 Å². The van der Waals surface area contributed by atoms with Gasteiger partial charge in [0.2, 0.25) is 0 Å². The first-order valence-electron chi connectivity index (χ1n) is 9.58. The van der Waals surface area contributed by atoms with Crippen molar-refractivity contribution in [3.05, 3.63) is 36.7 Å². The SMILES string of the molecule is COc1ccc(-c2cnn3ccc(N(C)C4CCC(O)CC4)nc23)cc1OC. The molecule has 3 aromatic rings. The Morgan fingerprint density at radius 2 is 1.82 bits per heavy atom. The normalized spacial score (nSPS) is 19.6. The number of anilines is 1. The monoisotopic (exact) mass is 382 g/mol. The van der Waals surface area contributed by atoms with E-state index in [9.17, 15) is 5.11 Å². The van der Waals surface area contributed by atoms with Gasteiger partial charge in [0.15, 0.2) is 17.1 Å². The van der Waals surface area contributed by atoms with Crippen LogP contribution in [-0.2, 0) is 0 Å². The number of benzene rings is 1. The summed E-state index contributed by atoms with van der Waals surface area (Å²) in [6.07, 6.45) is 7.26. The Balaban J connectivity index is 1.69. The molecule has 0 atom stereocenters. The molecular weight excluding hydrogens is 356 g/mol. The second kappa shape index (κ2) is 7.67. The van der Waals surface area contributed by atoms with Gasteiger partial charge in [0, 0.05) is 24.8 Å². The Labute approximate surface area is 164 Å². The van der Waals surface area contributed by atoms with Crippen molar-refractivity contribution in [1.29, 1.82) is 0 Å². The number of aliphatic hydroxyl groups is 1. The Bertz CT molecular complexity index is 963. The third-order valence-corrected chi connectivity index (χ3v) is 5.62. The lowest BCUT2D eigenvalue weighted by molar-refractivity contribution is 0.122. The standard InChI is InChI=1S/C21H26N4O3/c1-24(15-5-7-16(26)8-6-15)20-10-11-25-21(23-20)17(13-22-25)14-4-9-18(27-2)19(12-14)28-3/h4,9-13,15-16,26H,5-8H2,1-3H3. The van der Waals surface area contributed by atoms with Crippen LogP contribution >= 0.6 is 0 Å². The molecule has 0 spiro atoms. The van der Waals surface area contributed by atoms with Crippen molar-refractivity contribution >= 4 is 11.5 Å². The molecule has 1 aliphatic carbocycles. The zero-order valence-electron chi connectivity index (χ0n) is 16.5. The molecule has 2 aromatic heterocycles. The molecule has 0 aliphatic heterocycles. The van der Waals surface area contributed by atoms with Gasteiger partial charge >= 0.3 is 0 Å². The molecule has 0 amide bonds. The first kappa shape index (κ1) is 18.6. The molecule has 4 rings (SSSR count). The molecule has 7 heteroatoms. The molecular formula is C21H26N4O3. The van der Waals surface area contributed by atoms with Gasteiger partial charge in [-0.05, 0) is 49.4 Å². The van der Waals surface area contributed by atoms with Crippen LogP contribution in [0, 0.1) is 0 Å². The number of aromatic nitrogens is 3. The van der Waals surface area contributed by atoms with Gasteiger partial charge in [0.25, 0.3) is 0 Å². The minimum atomic E-state index is -0.161. The molecule has 148 valence electrons. The van der Waals surface area contributed by atoms with Gasteiger partial charge in [-0.15, -0.1) is 0 Å². The lowest BCUT2D eigenvalue weighted by Gasteiger charge is -2.33.